The van der Waals surface area contributed by atoms with Crippen LogP contribution < -0.4 is 0 Å². The lowest BCUT2D eigenvalue weighted by molar-refractivity contribution is -0.159. The fraction of sp³-hybridized carbons (Fsp3) is 0.667. The third kappa shape index (κ3) is 34.5. The molecule has 0 spiro atoms. The predicted molar refractivity (Wildman–Crippen MR) is 151 cm³/mol. The van der Waals surface area contributed by atoms with E-state index in [2.05, 4.69) is 29.5 Å². The van der Waals surface area contributed by atoms with Crippen LogP contribution in [0.15, 0.2) is 25.3 Å². The maximum absolute atomic E-state index is 11.3. The van der Waals surface area contributed by atoms with E-state index in [0.717, 1.165) is 0 Å². The Bertz CT molecular complexity index is 657. The second-order valence-corrected chi connectivity index (χ2v) is 9.46. The van der Waals surface area contributed by atoms with Gasteiger partial charge in [-0.15, -0.1) is 13.2 Å². The SMILES string of the molecule is C=CC[C@@H](CO)CC(=O)OC(C)(C)C.C=CC[C@H](CC(=O)OC(C)(C)C)C(=O)O.COC(=O)Cl.S.S. The van der Waals surface area contributed by atoms with Gasteiger partial charge in [-0.05, 0) is 60.3 Å². The molecule has 0 aromatic carbocycles. The van der Waals surface area contributed by atoms with Crippen molar-refractivity contribution < 1.29 is 43.6 Å². The molecule has 0 aliphatic rings. The summed E-state index contributed by atoms with van der Waals surface area (Å²) >= 11 is 4.60. The second-order valence-electron chi connectivity index (χ2n) is 9.16. The topological polar surface area (TPSA) is 136 Å². The number of carboxylic acids is 1. The zero-order valence-electron chi connectivity index (χ0n) is 22.4. The number of aliphatic carboxylic acids is 1. The number of allylic oxidation sites excluding steroid dienone is 2. The molecule has 36 heavy (non-hydrogen) atoms. The molecule has 9 nitrogen and oxygen atoms in total. The molecule has 0 saturated carbocycles. The summed E-state index contributed by atoms with van der Waals surface area (Å²) in [4.78, 5) is 42.8. The van der Waals surface area contributed by atoms with Crippen LogP contribution in [0.2, 0.25) is 0 Å². The maximum Gasteiger partial charge on any atom is 0.403 e. The summed E-state index contributed by atoms with van der Waals surface area (Å²) < 4.78 is 14.0. The Labute approximate surface area is 234 Å². The van der Waals surface area contributed by atoms with Gasteiger partial charge < -0.3 is 24.4 Å². The van der Waals surface area contributed by atoms with Crippen molar-refractivity contribution >= 4 is 61.9 Å². The molecule has 0 rings (SSSR count). The Kier molecular flexibility index (Phi) is 29.2. The molecule has 0 amide bonds. The molecule has 0 aromatic heterocycles. The second kappa shape index (κ2) is 23.7. The van der Waals surface area contributed by atoms with E-state index in [1.165, 1.54) is 13.2 Å². The number of carbonyl (C=O) groups is 4. The highest BCUT2D eigenvalue weighted by Crippen LogP contribution is 2.15. The number of aliphatic hydroxyl groups excluding tert-OH is 1. The van der Waals surface area contributed by atoms with Gasteiger partial charge in [-0.25, -0.2) is 4.79 Å². The molecule has 0 radical (unpaired) electrons. The largest absolute Gasteiger partial charge is 0.481 e. The summed E-state index contributed by atoms with van der Waals surface area (Å²) in [5, 5.41) is 17.7. The van der Waals surface area contributed by atoms with Crippen molar-refractivity contribution in [3.8, 4) is 0 Å². The monoisotopic (exact) mass is 576 g/mol. The fourth-order valence-corrected chi connectivity index (χ4v) is 2.13. The Hall–Kier alpha value is -1.69. The van der Waals surface area contributed by atoms with Crippen molar-refractivity contribution in [2.24, 2.45) is 11.8 Å². The number of methoxy groups -OCH3 is 1. The Morgan fingerprint density at radius 2 is 1.22 bits per heavy atom. The van der Waals surface area contributed by atoms with Crippen molar-refractivity contribution in [2.75, 3.05) is 13.7 Å². The number of carbonyl (C=O) groups excluding carboxylic acids is 3. The fourth-order valence-electron chi connectivity index (χ4n) is 2.13. The van der Waals surface area contributed by atoms with E-state index >= 15 is 0 Å². The van der Waals surface area contributed by atoms with Gasteiger partial charge in [0.1, 0.15) is 11.2 Å². The first kappa shape index (κ1) is 44.3. The van der Waals surface area contributed by atoms with Crippen LogP contribution in [0.3, 0.4) is 0 Å². The van der Waals surface area contributed by atoms with Crippen LogP contribution >= 0.6 is 38.6 Å². The van der Waals surface area contributed by atoms with E-state index in [9.17, 15) is 19.2 Å². The first-order valence-corrected chi connectivity index (χ1v) is 11.0. The van der Waals surface area contributed by atoms with Crippen molar-refractivity contribution in [2.45, 2.75) is 78.4 Å². The molecule has 2 atom stereocenters. The van der Waals surface area contributed by atoms with Crippen LogP contribution in [-0.2, 0) is 28.6 Å². The summed E-state index contributed by atoms with van der Waals surface area (Å²) in [6, 6.07) is 0. The summed E-state index contributed by atoms with van der Waals surface area (Å²) in [6.45, 7) is 17.7. The van der Waals surface area contributed by atoms with Gasteiger partial charge in [0.25, 0.3) is 0 Å². The van der Waals surface area contributed by atoms with Gasteiger partial charge in [-0.2, -0.15) is 27.0 Å². The van der Waals surface area contributed by atoms with Gasteiger partial charge in [-0.1, -0.05) is 12.2 Å². The van der Waals surface area contributed by atoms with Crippen molar-refractivity contribution in [3.63, 3.8) is 0 Å². The molecule has 0 fully saturated rings. The Morgan fingerprint density at radius 1 is 0.861 bits per heavy atom. The lowest BCUT2D eigenvalue weighted by Gasteiger charge is -2.21. The number of ether oxygens (including phenoxy) is 3. The quantitative estimate of drug-likeness (QED) is 0.157. The highest BCUT2D eigenvalue weighted by Gasteiger charge is 2.24. The van der Waals surface area contributed by atoms with E-state index in [1.807, 2.05) is 20.8 Å². The minimum atomic E-state index is -0.999. The van der Waals surface area contributed by atoms with Gasteiger partial charge in [-0.3, -0.25) is 14.4 Å². The maximum atomic E-state index is 11.3. The highest BCUT2D eigenvalue weighted by molar-refractivity contribution is 7.59. The first-order valence-electron chi connectivity index (χ1n) is 10.6. The number of hydrogen-bond acceptors (Lipinski definition) is 8. The van der Waals surface area contributed by atoms with E-state index in [0.29, 0.717) is 6.42 Å². The molecular formula is C24H45ClO9S2. The van der Waals surface area contributed by atoms with Crippen molar-refractivity contribution in [1.82, 2.24) is 0 Å². The lowest BCUT2D eigenvalue weighted by atomic mass is 10.0. The van der Waals surface area contributed by atoms with E-state index in [4.69, 9.17) is 19.7 Å². The first-order chi connectivity index (χ1) is 15.4. The minimum absolute atomic E-state index is 0. The summed E-state index contributed by atoms with van der Waals surface area (Å²) in [5.74, 6) is -2.56. The number of halogens is 1. The molecular weight excluding hydrogens is 532 g/mol. The molecule has 214 valence electrons. The number of hydrogen-bond donors (Lipinski definition) is 2. The van der Waals surface area contributed by atoms with E-state index in [-0.39, 0.29) is 64.7 Å². The molecule has 0 bridgehead atoms. The van der Waals surface area contributed by atoms with Crippen LogP contribution in [0.25, 0.3) is 0 Å². The van der Waals surface area contributed by atoms with E-state index in [1.54, 1.807) is 26.8 Å². The average molecular weight is 577 g/mol. The van der Waals surface area contributed by atoms with Crippen molar-refractivity contribution in [1.29, 1.82) is 0 Å². The van der Waals surface area contributed by atoms with Crippen LogP contribution in [-0.4, -0.2) is 58.5 Å². The van der Waals surface area contributed by atoms with Crippen molar-refractivity contribution in [3.05, 3.63) is 25.3 Å². The summed E-state index contributed by atoms with van der Waals surface area (Å²) in [5.41, 5.74) is -1.80. The number of rotatable bonds is 10. The predicted octanol–water partition coefficient (Wildman–Crippen LogP) is 5.12. The Morgan fingerprint density at radius 3 is 1.47 bits per heavy atom. The summed E-state index contributed by atoms with van der Waals surface area (Å²) in [7, 11) is 1.22. The van der Waals surface area contributed by atoms with Crippen LogP contribution in [0, 0.1) is 11.8 Å². The molecule has 0 unspecified atom stereocenters. The van der Waals surface area contributed by atoms with Crippen LogP contribution in [0.4, 0.5) is 4.79 Å². The smallest absolute Gasteiger partial charge is 0.403 e. The van der Waals surface area contributed by atoms with Gasteiger partial charge in [0.15, 0.2) is 0 Å². The average Bonchev–Trinajstić information content (AvgIpc) is 2.65. The lowest BCUT2D eigenvalue weighted by Crippen LogP contribution is -2.27. The van der Waals surface area contributed by atoms with Crippen LogP contribution in [0.5, 0.6) is 0 Å². The minimum Gasteiger partial charge on any atom is -0.481 e. The zero-order chi connectivity index (χ0) is 27.5. The molecule has 0 aliphatic heterocycles. The van der Waals surface area contributed by atoms with Gasteiger partial charge in [0.05, 0.1) is 25.9 Å². The molecule has 12 heteroatoms. The Balaban J connectivity index is -0.000000143. The standard InChI is InChI=1S/C11H18O4.C11H20O3.C2H3ClO2.2H2S/c1-5-6-8(10(13)14)7-9(12)15-11(2,3)4;1-5-6-9(8-12)7-10(13)14-11(2,3)4;1-5-2(3)4;;/h5,8H,1,6-7H2,2-4H3,(H,13,14);5,9,12H,1,6-8H2,2-4H3;1H3;2*1H2/t8-;9-;;;/m11.../s1. The molecule has 0 aromatic rings. The van der Waals surface area contributed by atoms with Gasteiger partial charge in [0, 0.05) is 18.2 Å². The normalized spacial score (nSPS) is 11.6. The third-order valence-corrected chi connectivity index (χ3v) is 3.58. The highest BCUT2D eigenvalue weighted by atomic mass is 35.5. The zero-order valence-corrected chi connectivity index (χ0v) is 25.1. The van der Waals surface area contributed by atoms with Gasteiger partial charge in [0.2, 0.25) is 0 Å². The summed E-state index contributed by atoms with van der Waals surface area (Å²) in [6.07, 6.45) is 4.23. The van der Waals surface area contributed by atoms with Crippen LogP contribution in [0.1, 0.15) is 67.2 Å². The molecule has 2 N–H and O–H groups in total. The third-order valence-electron chi connectivity index (χ3n) is 3.43. The number of aliphatic hydroxyl groups is 1. The molecule has 0 heterocycles. The number of esters is 2. The molecule has 0 saturated heterocycles. The van der Waals surface area contributed by atoms with E-state index < -0.39 is 34.5 Å². The molecule has 0 aliphatic carbocycles. The van der Waals surface area contributed by atoms with Gasteiger partial charge >= 0.3 is 23.3 Å². The number of carboxylic acid groups (broad SMARTS) is 1.